The number of alkyl halides is 6. The Morgan fingerprint density at radius 3 is 1.70 bits per heavy atom. The minimum absolute atomic E-state index is 0.173. The molecule has 0 aromatic rings. The van der Waals surface area contributed by atoms with Crippen LogP contribution in [0.5, 0.6) is 0 Å². The number of nitrogens with zero attached hydrogens (tertiary/aromatic N) is 1. The number of hydrogen-bond donors (Lipinski definition) is 0. The van der Waals surface area contributed by atoms with Crippen LogP contribution in [0.25, 0.3) is 0 Å². The zero-order valence-electron chi connectivity index (χ0n) is 10.9. The molecule has 1 amide bonds. The maximum absolute atomic E-state index is 11.9. The van der Waals surface area contributed by atoms with Gasteiger partial charge in [-0.05, 0) is 5.41 Å². The zero-order chi connectivity index (χ0) is 16.4. The topological polar surface area (TPSA) is 46.6 Å². The summed E-state index contributed by atoms with van der Waals surface area (Å²) in [5.41, 5.74) is -0.321. The average Bonchev–Trinajstić information content (AvgIpc) is 2.18. The van der Waals surface area contributed by atoms with E-state index in [4.69, 9.17) is 74.3 Å². The van der Waals surface area contributed by atoms with Crippen molar-refractivity contribution in [3.8, 4) is 0 Å². The van der Waals surface area contributed by atoms with Crippen molar-refractivity contribution in [3.63, 3.8) is 0 Å². The van der Waals surface area contributed by atoms with Crippen molar-refractivity contribution in [1.82, 2.24) is 4.90 Å². The highest BCUT2D eigenvalue weighted by molar-refractivity contribution is 6.76. The third-order valence-corrected chi connectivity index (χ3v) is 2.73. The van der Waals surface area contributed by atoms with Gasteiger partial charge in [0.1, 0.15) is 0 Å². The largest absolute Gasteiger partial charge is 0.441 e. The Morgan fingerprint density at radius 1 is 0.950 bits per heavy atom. The van der Waals surface area contributed by atoms with Gasteiger partial charge in [0.05, 0.1) is 0 Å². The number of esters is 1. The number of halogens is 6. The van der Waals surface area contributed by atoms with Crippen LogP contribution in [0, 0.1) is 5.41 Å². The van der Waals surface area contributed by atoms with Crippen molar-refractivity contribution in [1.29, 1.82) is 0 Å². The van der Waals surface area contributed by atoms with Crippen molar-refractivity contribution in [2.24, 2.45) is 5.41 Å². The molecule has 20 heavy (non-hydrogen) atoms. The molecule has 0 saturated carbocycles. The van der Waals surface area contributed by atoms with Crippen LogP contribution < -0.4 is 0 Å². The molecule has 0 aliphatic heterocycles. The van der Waals surface area contributed by atoms with Crippen LogP contribution in [-0.2, 0) is 14.3 Å². The van der Waals surface area contributed by atoms with E-state index in [9.17, 15) is 9.59 Å². The Morgan fingerprint density at radius 2 is 1.40 bits per heavy atom. The van der Waals surface area contributed by atoms with E-state index in [0.717, 1.165) is 4.90 Å². The Bertz CT molecular complexity index is 369. The van der Waals surface area contributed by atoms with Crippen molar-refractivity contribution in [3.05, 3.63) is 0 Å². The van der Waals surface area contributed by atoms with Crippen LogP contribution in [0.2, 0.25) is 0 Å². The molecule has 0 bridgehead atoms. The second-order valence-corrected chi connectivity index (χ2v) is 9.68. The maximum atomic E-state index is 11.9. The van der Waals surface area contributed by atoms with Gasteiger partial charge in [0.2, 0.25) is 0 Å². The average molecular weight is 408 g/mol. The predicted molar refractivity (Wildman–Crippen MR) is 82.7 cm³/mol. The molecule has 0 aromatic heterocycles. The molecule has 0 saturated heterocycles. The highest BCUT2D eigenvalue weighted by atomic mass is 35.6. The first-order valence-electron chi connectivity index (χ1n) is 5.24. The van der Waals surface area contributed by atoms with E-state index in [1.165, 1.54) is 0 Å². The van der Waals surface area contributed by atoms with Crippen LogP contribution in [0.4, 0.5) is 0 Å². The Kier molecular flexibility index (Phi) is 7.54. The monoisotopic (exact) mass is 405 g/mol. The maximum Gasteiger partial charge on any atom is 0.360 e. The van der Waals surface area contributed by atoms with Gasteiger partial charge < -0.3 is 9.64 Å². The van der Waals surface area contributed by atoms with E-state index in [1.54, 1.807) is 0 Å². The van der Waals surface area contributed by atoms with Gasteiger partial charge >= 0.3 is 5.97 Å². The quantitative estimate of drug-likeness (QED) is 0.402. The molecular formula is C10H13Cl6NO3. The summed E-state index contributed by atoms with van der Waals surface area (Å²) in [5.74, 6) is -1.96. The standard InChI is InChI=1S/C10H13Cl6NO3/c1-8(2,3)4-17(6(18)9(11,12)13)5-20-7(19)10(14,15)16/h4-5H2,1-3H3. The van der Waals surface area contributed by atoms with E-state index in [0.29, 0.717) is 0 Å². The van der Waals surface area contributed by atoms with Gasteiger partial charge in [0.15, 0.2) is 6.73 Å². The van der Waals surface area contributed by atoms with Crippen molar-refractivity contribution in [2.75, 3.05) is 13.3 Å². The van der Waals surface area contributed by atoms with Crippen molar-refractivity contribution >= 4 is 81.5 Å². The number of amides is 1. The van der Waals surface area contributed by atoms with Crippen LogP contribution >= 0.6 is 69.6 Å². The molecular weight excluding hydrogens is 395 g/mol. The van der Waals surface area contributed by atoms with Crippen LogP contribution in [-0.4, -0.2) is 37.6 Å². The molecule has 0 aromatic carbocycles. The Labute approximate surface area is 147 Å². The van der Waals surface area contributed by atoms with Crippen molar-refractivity contribution < 1.29 is 14.3 Å². The van der Waals surface area contributed by atoms with Gasteiger partial charge in [0, 0.05) is 6.54 Å². The summed E-state index contributed by atoms with van der Waals surface area (Å²) >= 11 is 32.6. The molecule has 0 unspecified atom stereocenters. The molecule has 0 N–H and O–H groups in total. The molecule has 0 rings (SSSR count). The lowest BCUT2D eigenvalue weighted by Gasteiger charge is -2.31. The molecule has 10 heteroatoms. The third kappa shape index (κ3) is 8.20. The van der Waals surface area contributed by atoms with E-state index >= 15 is 0 Å². The van der Waals surface area contributed by atoms with E-state index in [2.05, 4.69) is 0 Å². The summed E-state index contributed by atoms with van der Waals surface area (Å²) in [5, 5.41) is 0. The fraction of sp³-hybridized carbons (Fsp3) is 0.800. The minimum Gasteiger partial charge on any atom is -0.441 e. The smallest absolute Gasteiger partial charge is 0.360 e. The molecule has 0 aliphatic carbocycles. The molecule has 4 nitrogen and oxygen atoms in total. The minimum atomic E-state index is -2.24. The van der Waals surface area contributed by atoms with E-state index < -0.39 is 26.2 Å². The van der Waals surface area contributed by atoms with Crippen LogP contribution in [0.1, 0.15) is 20.8 Å². The Balaban J connectivity index is 4.90. The number of hydrogen-bond acceptors (Lipinski definition) is 3. The van der Waals surface area contributed by atoms with Crippen LogP contribution in [0.15, 0.2) is 0 Å². The summed E-state index contributed by atoms with van der Waals surface area (Å²) < 4.78 is 0.317. The lowest BCUT2D eigenvalue weighted by Crippen LogP contribution is -2.45. The highest BCUT2D eigenvalue weighted by Gasteiger charge is 2.38. The molecule has 118 valence electrons. The SMILES string of the molecule is CC(C)(C)CN(COC(=O)C(Cl)(Cl)Cl)C(=O)C(Cl)(Cl)Cl. The fourth-order valence-electron chi connectivity index (χ4n) is 1.15. The fourth-order valence-corrected chi connectivity index (χ4v) is 1.67. The Hall–Kier alpha value is 0.680. The zero-order valence-corrected chi connectivity index (χ0v) is 15.4. The summed E-state index contributed by atoms with van der Waals surface area (Å²) in [7, 11) is 0. The molecule has 0 radical (unpaired) electrons. The van der Waals surface area contributed by atoms with Gasteiger partial charge in [0.25, 0.3) is 13.5 Å². The molecule has 0 heterocycles. The summed E-state index contributed by atoms with van der Waals surface area (Å²) in [6.07, 6.45) is 0. The predicted octanol–water partition coefficient (Wildman–Crippen LogP) is 4.10. The number of ether oxygens (including phenoxy) is 1. The lowest BCUT2D eigenvalue weighted by atomic mass is 9.96. The van der Waals surface area contributed by atoms with Gasteiger partial charge in [-0.3, -0.25) is 4.79 Å². The third-order valence-electron chi connectivity index (χ3n) is 1.78. The molecule has 0 fully saturated rings. The number of carbonyl (C=O) groups excluding carboxylic acids is 2. The first kappa shape index (κ1) is 20.7. The highest BCUT2D eigenvalue weighted by Crippen LogP contribution is 2.31. The van der Waals surface area contributed by atoms with E-state index in [-0.39, 0.29) is 12.0 Å². The first-order chi connectivity index (χ1) is 8.64. The second kappa shape index (κ2) is 7.30. The number of rotatable bonds is 3. The molecule has 0 atom stereocenters. The summed E-state index contributed by atoms with van der Waals surface area (Å²) in [6.45, 7) is 5.23. The summed E-state index contributed by atoms with van der Waals surface area (Å²) in [4.78, 5) is 24.4. The lowest BCUT2D eigenvalue weighted by molar-refractivity contribution is -0.153. The molecule has 0 aliphatic rings. The van der Waals surface area contributed by atoms with Crippen molar-refractivity contribution in [2.45, 2.75) is 28.4 Å². The van der Waals surface area contributed by atoms with E-state index in [1.807, 2.05) is 20.8 Å². The number of carbonyl (C=O) groups is 2. The van der Waals surface area contributed by atoms with Crippen LogP contribution in [0.3, 0.4) is 0 Å². The first-order valence-corrected chi connectivity index (χ1v) is 7.51. The summed E-state index contributed by atoms with van der Waals surface area (Å²) in [6, 6.07) is 0. The molecule has 0 spiro atoms. The second-order valence-electron chi connectivity index (χ2n) is 5.12. The van der Waals surface area contributed by atoms with Gasteiger partial charge in [-0.2, -0.15) is 0 Å². The van der Waals surface area contributed by atoms with Gasteiger partial charge in [-0.25, -0.2) is 4.79 Å². The van der Waals surface area contributed by atoms with Gasteiger partial charge in [-0.1, -0.05) is 90.4 Å². The normalized spacial score (nSPS) is 13.1. The van der Waals surface area contributed by atoms with Gasteiger partial charge in [-0.15, -0.1) is 0 Å².